The maximum atomic E-state index is 5.82. The Hall–Kier alpha value is -0.900. The van der Waals surface area contributed by atoms with E-state index in [0.29, 0.717) is 13.2 Å². The number of methoxy groups -OCH3 is 1. The fourth-order valence-electron chi connectivity index (χ4n) is 2.05. The molecule has 0 fully saturated rings. The third-order valence-electron chi connectivity index (χ3n) is 3.19. The van der Waals surface area contributed by atoms with E-state index < -0.39 is 0 Å². The summed E-state index contributed by atoms with van der Waals surface area (Å²) in [6, 6.07) is 9.01. The highest BCUT2D eigenvalue weighted by Crippen LogP contribution is 2.15. The van der Waals surface area contributed by atoms with Gasteiger partial charge in [0.25, 0.3) is 0 Å². The number of hydrogen-bond donors (Lipinski definition) is 1. The molecule has 3 heteroatoms. The summed E-state index contributed by atoms with van der Waals surface area (Å²) < 4.78 is 10.9. The number of nitrogens with one attached hydrogen (secondary N) is 1. The highest BCUT2D eigenvalue weighted by molar-refractivity contribution is 5.25. The van der Waals surface area contributed by atoms with E-state index in [9.17, 15) is 0 Å². The van der Waals surface area contributed by atoms with Crippen molar-refractivity contribution in [3.8, 4) is 0 Å². The van der Waals surface area contributed by atoms with Gasteiger partial charge in [-0.3, -0.25) is 0 Å². The van der Waals surface area contributed by atoms with Crippen LogP contribution >= 0.6 is 0 Å². The molecular formula is C16H27NO2. The minimum absolute atomic E-state index is 0.126. The van der Waals surface area contributed by atoms with Gasteiger partial charge in [0.15, 0.2) is 0 Å². The van der Waals surface area contributed by atoms with E-state index in [1.165, 1.54) is 11.1 Å². The molecule has 0 heterocycles. The summed E-state index contributed by atoms with van der Waals surface area (Å²) in [5.41, 5.74) is 2.65. The van der Waals surface area contributed by atoms with Crippen LogP contribution in [0.5, 0.6) is 0 Å². The molecule has 0 aliphatic rings. The standard InChI is InChI=1S/C16H27NO2/c1-5-14-7-9-15(10-8-14)16(17-6-2)12-19-13(3)11-18-4/h7-10,13,16-17H,5-6,11-12H2,1-4H3. The predicted molar refractivity (Wildman–Crippen MR) is 79.5 cm³/mol. The van der Waals surface area contributed by atoms with Gasteiger partial charge in [0.1, 0.15) is 0 Å². The Bertz CT molecular complexity index is 337. The van der Waals surface area contributed by atoms with Crippen LogP contribution in [0.4, 0.5) is 0 Å². The van der Waals surface area contributed by atoms with Crippen LogP contribution in [0.3, 0.4) is 0 Å². The first kappa shape index (κ1) is 16.2. The van der Waals surface area contributed by atoms with Crippen molar-refractivity contribution in [1.82, 2.24) is 5.32 Å². The average molecular weight is 265 g/mol. The molecule has 0 saturated carbocycles. The van der Waals surface area contributed by atoms with Gasteiger partial charge in [-0.05, 0) is 31.0 Å². The van der Waals surface area contributed by atoms with Crippen LogP contribution in [0.1, 0.15) is 37.9 Å². The second-order valence-corrected chi connectivity index (χ2v) is 4.80. The lowest BCUT2D eigenvalue weighted by atomic mass is 10.0. The van der Waals surface area contributed by atoms with Gasteiger partial charge >= 0.3 is 0 Å². The number of ether oxygens (including phenoxy) is 2. The lowest BCUT2D eigenvalue weighted by Gasteiger charge is -2.21. The molecule has 0 spiro atoms. The van der Waals surface area contributed by atoms with Gasteiger partial charge < -0.3 is 14.8 Å². The number of aryl methyl sites for hydroxylation is 1. The highest BCUT2D eigenvalue weighted by atomic mass is 16.5. The van der Waals surface area contributed by atoms with Crippen molar-refractivity contribution in [2.75, 3.05) is 26.9 Å². The molecule has 0 aliphatic carbocycles. The Morgan fingerprint density at radius 1 is 1.11 bits per heavy atom. The van der Waals surface area contributed by atoms with E-state index in [0.717, 1.165) is 13.0 Å². The van der Waals surface area contributed by atoms with Crippen molar-refractivity contribution in [2.45, 2.75) is 39.3 Å². The smallest absolute Gasteiger partial charge is 0.0781 e. The van der Waals surface area contributed by atoms with Crippen LogP contribution in [0.2, 0.25) is 0 Å². The van der Waals surface area contributed by atoms with Gasteiger partial charge in [-0.25, -0.2) is 0 Å². The predicted octanol–water partition coefficient (Wildman–Crippen LogP) is 2.95. The Kier molecular flexibility index (Phi) is 7.72. The van der Waals surface area contributed by atoms with Gasteiger partial charge in [0.2, 0.25) is 0 Å². The monoisotopic (exact) mass is 265 g/mol. The molecular weight excluding hydrogens is 238 g/mol. The minimum atomic E-state index is 0.126. The Labute approximate surface area is 117 Å². The fraction of sp³-hybridized carbons (Fsp3) is 0.625. The van der Waals surface area contributed by atoms with Crippen LogP contribution in [-0.4, -0.2) is 33.0 Å². The number of benzene rings is 1. The van der Waals surface area contributed by atoms with Crippen molar-refractivity contribution >= 4 is 0 Å². The molecule has 0 saturated heterocycles. The number of likely N-dealkylation sites (N-methyl/N-ethyl adjacent to an activating group) is 1. The summed E-state index contributed by atoms with van der Waals surface area (Å²) in [5.74, 6) is 0. The molecule has 0 aromatic heterocycles. The summed E-state index contributed by atoms with van der Waals surface area (Å²) in [4.78, 5) is 0. The summed E-state index contributed by atoms with van der Waals surface area (Å²) in [7, 11) is 1.70. The summed E-state index contributed by atoms with van der Waals surface area (Å²) >= 11 is 0. The van der Waals surface area contributed by atoms with Gasteiger partial charge in [-0.2, -0.15) is 0 Å². The zero-order chi connectivity index (χ0) is 14.1. The molecule has 1 aromatic carbocycles. The molecule has 0 aliphatic heterocycles. The number of rotatable bonds is 9. The molecule has 0 radical (unpaired) electrons. The maximum Gasteiger partial charge on any atom is 0.0781 e. The van der Waals surface area contributed by atoms with Crippen LogP contribution in [0.15, 0.2) is 24.3 Å². The Morgan fingerprint density at radius 2 is 1.79 bits per heavy atom. The Balaban J connectivity index is 2.59. The van der Waals surface area contributed by atoms with Crippen molar-refractivity contribution in [2.24, 2.45) is 0 Å². The van der Waals surface area contributed by atoms with E-state index >= 15 is 0 Å². The van der Waals surface area contributed by atoms with Crippen molar-refractivity contribution in [1.29, 1.82) is 0 Å². The SMILES string of the molecule is CCNC(COC(C)COC)c1ccc(CC)cc1. The van der Waals surface area contributed by atoms with Crippen LogP contribution < -0.4 is 5.32 Å². The molecule has 3 nitrogen and oxygen atoms in total. The van der Waals surface area contributed by atoms with E-state index in [1.54, 1.807) is 7.11 Å². The highest BCUT2D eigenvalue weighted by Gasteiger charge is 2.12. The zero-order valence-electron chi connectivity index (χ0n) is 12.6. The second kappa shape index (κ2) is 9.08. The zero-order valence-corrected chi connectivity index (χ0v) is 12.6. The fourth-order valence-corrected chi connectivity index (χ4v) is 2.05. The molecule has 1 aromatic rings. The summed E-state index contributed by atoms with van der Waals surface area (Å²) in [6.45, 7) is 8.56. The molecule has 1 rings (SSSR count). The first-order valence-electron chi connectivity index (χ1n) is 7.14. The first-order valence-corrected chi connectivity index (χ1v) is 7.14. The minimum Gasteiger partial charge on any atom is -0.382 e. The van der Waals surface area contributed by atoms with Gasteiger partial charge in [0, 0.05) is 7.11 Å². The number of hydrogen-bond acceptors (Lipinski definition) is 3. The lowest BCUT2D eigenvalue weighted by molar-refractivity contribution is -0.000386. The molecule has 19 heavy (non-hydrogen) atoms. The molecule has 2 atom stereocenters. The third kappa shape index (κ3) is 5.72. The molecule has 108 valence electrons. The van der Waals surface area contributed by atoms with E-state index in [2.05, 4.69) is 43.4 Å². The van der Waals surface area contributed by atoms with Crippen LogP contribution in [0.25, 0.3) is 0 Å². The van der Waals surface area contributed by atoms with Crippen molar-refractivity contribution in [3.63, 3.8) is 0 Å². The van der Waals surface area contributed by atoms with E-state index in [-0.39, 0.29) is 12.1 Å². The molecule has 1 N–H and O–H groups in total. The quantitative estimate of drug-likeness (QED) is 0.744. The summed E-state index contributed by atoms with van der Waals surface area (Å²) in [6.07, 6.45) is 1.20. The lowest BCUT2D eigenvalue weighted by Crippen LogP contribution is -2.28. The first-order chi connectivity index (χ1) is 9.21. The average Bonchev–Trinajstić information content (AvgIpc) is 2.44. The van der Waals surface area contributed by atoms with Gasteiger partial charge in [0.05, 0.1) is 25.4 Å². The normalized spacial score (nSPS) is 14.3. The maximum absolute atomic E-state index is 5.82. The molecule has 0 bridgehead atoms. The molecule has 2 unspecified atom stereocenters. The van der Waals surface area contributed by atoms with Gasteiger partial charge in [-0.15, -0.1) is 0 Å². The third-order valence-corrected chi connectivity index (χ3v) is 3.19. The second-order valence-electron chi connectivity index (χ2n) is 4.80. The molecule has 0 amide bonds. The topological polar surface area (TPSA) is 30.5 Å². The van der Waals surface area contributed by atoms with E-state index in [1.807, 2.05) is 6.92 Å². The Morgan fingerprint density at radius 3 is 2.32 bits per heavy atom. The van der Waals surface area contributed by atoms with E-state index in [4.69, 9.17) is 9.47 Å². The van der Waals surface area contributed by atoms with Crippen LogP contribution in [-0.2, 0) is 15.9 Å². The van der Waals surface area contributed by atoms with Crippen molar-refractivity contribution in [3.05, 3.63) is 35.4 Å². The summed E-state index contributed by atoms with van der Waals surface area (Å²) in [5, 5.41) is 3.47. The van der Waals surface area contributed by atoms with Crippen molar-refractivity contribution < 1.29 is 9.47 Å². The van der Waals surface area contributed by atoms with Gasteiger partial charge in [-0.1, -0.05) is 38.1 Å². The van der Waals surface area contributed by atoms with Crippen LogP contribution in [0, 0.1) is 0 Å². The largest absolute Gasteiger partial charge is 0.382 e.